The maximum Gasteiger partial charge on any atom is 0.239 e. The molecule has 0 aliphatic heterocycles. The van der Waals surface area contributed by atoms with Gasteiger partial charge in [-0.2, -0.15) is 0 Å². The van der Waals surface area contributed by atoms with Crippen LogP contribution in [0.4, 0.5) is 0 Å². The Kier molecular flexibility index (Phi) is 15.9. The van der Waals surface area contributed by atoms with Crippen molar-refractivity contribution in [2.75, 3.05) is 13.1 Å². The van der Waals surface area contributed by atoms with E-state index in [2.05, 4.69) is 15.6 Å². The molecule has 12 N–H and O–H groups in total. The Bertz CT molecular complexity index is 1510. The van der Waals surface area contributed by atoms with E-state index >= 15 is 0 Å². The average Bonchev–Trinajstić information content (AvgIpc) is 3.09. The van der Waals surface area contributed by atoms with E-state index < -0.39 is 41.8 Å². The quantitative estimate of drug-likeness (QED) is 0.0499. The highest BCUT2D eigenvalue weighted by Crippen LogP contribution is 2.22. The van der Waals surface area contributed by atoms with Crippen molar-refractivity contribution in [3.8, 4) is 11.1 Å². The van der Waals surface area contributed by atoms with Crippen LogP contribution in [0.1, 0.15) is 49.7 Å². The summed E-state index contributed by atoms with van der Waals surface area (Å²) in [6.45, 7) is 0.694. The molecule has 12 heteroatoms. The first-order valence-electron chi connectivity index (χ1n) is 16.7. The van der Waals surface area contributed by atoms with Crippen LogP contribution in [0.3, 0.4) is 0 Å². The molecule has 0 unspecified atom stereocenters. The molecular formula is C37H50N8O4. The van der Waals surface area contributed by atoms with Crippen LogP contribution in [0.5, 0.6) is 0 Å². The van der Waals surface area contributed by atoms with Crippen molar-refractivity contribution in [1.82, 2.24) is 10.6 Å². The van der Waals surface area contributed by atoms with Crippen molar-refractivity contribution in [3.05, 3.63) is 96.1 Å². The molecule has 0 aliphatic rings. The van der Waals surface area contributed by atoms with E-state index in [1.54, 1.807) is 0 Å². The molecule has 0 fully saturated rings. The Labute approximate surface area is 288 Å². The van der Waals surface area contributed by atoms with Gasteiger partial charge in [0.2, 0.25) is 17.7 Å². The van der Waals surface area contributed by atoms with Gasteiger partial charge >= 0.3 is 0 Å². The van der Waals surface area contributed by atoms with Crippen molar-refractivity contribution < 1.29 is 19.2 Å². The molecule has 0 aliphatic carbocycles. The number of hydrogen-bond donors (Lipinski definition) is 7. The van der Waals surface area contributed by atoms with Gasteiger partial charge in [-0.1, -0.05) is 84.9 Å². The largest absolute Gasteiger partial charge is 0.370 e. The predicted molar refractivity (Wildman–Crippen MR) is 193 cm³/mol. The molecule has 0 saturated heterocycles. The van der Waals surface area contributed by atoms with Gasteiger partial charge in [0.05, 0.1) is 12.1 Å². The number of nitrogens with two attached hydrogens (primary N) is 5. The van der Waals surface area contributed by atoms with Crippen molar-refractivity contribution in [2.45, 2.75) is 69.5 Å². The van der Waals surface area contributed by atoms with Gasteiger partial charge in [0.25, 0.3) is 0 Å². The van der Waals surface area contributed by atoms with Gasteiger partial charge < -0.3 is 39.3 Å². The standard InChI is InChI=1S/C37H50N8O4/c38-20-8-7-14-32(34(40)47)45-35(48)29(22-26-16-18-28(19-17-26)27-12-5-2-6-13-27)24-33(46)31(15-9-21-43-37(41)42)44-36(49)30(39)23-25-10-3-1-4-11-25/h1-6,10-13,16-19,29-32H,7-9,14-15,20-24,38-39H2,(H2,40,47)(H,44,49)(H,45,48)(H4,41,42,43)/t29-,30+,31-,32+/m1/s1. The van der Waals surface area contributed by atoms with Gasteiger partial charge in [-0.3, -0.25) is 24.2 Å². The highest BCUT2D eigenvalue weighted by atomic mass is 16.2. The third kappa shape index (κ3) is 13.5. The Morgan fingerprint density at radius 1 is 0.653 bits per heavy atom. The van der Waals surface area contributed by atoms with Crippen LogP contribution < -0.4 is 39.3 Å². The van der Waals surface area contributed by atoms with Gasteiger partial charge in [-0.15, -0.1) is 0 Å². The van der Waals surface area contributed by atoms with Crippen LogP contribution in [0, 0.1) is 5.92 Å². The van der Waals surface area contributed by atoms with Gasteiger partial charge in [0, 0.05) is 18.9 Å². The van der Waals surface area contributed by atoms with E-state index in [1.165, 1.54) is 0 Å². The number of hydrogen-bond acceptors (Lipinski definition) is 7. The molecule has 0 saturated carbocycles. The second-order valence-corrected chi connectivity index (χ2v) is 12.2. The summed E-state index contributed by atoms with van der Waals surface area (Å²) in [5, 5.41) is 5.58. The smallest absolute Gasteiger partial charge is 0.239 e. The number of primary amides is 1. The molecule has 49 heavy (non-hydrogen) atoms. The highest BCUT2D eigenvalue weighted by Gasteiger charge is 2.31. The molecule has 3 rings (SSSR count). The van der Waals surface area contributed by atoms with Crippen molar-refractivity contribution >= 4 is 29.5 Å². The molecule has 3 aromatic rings. The first-order valence-corrected chi connectivity index (χ1v) is 16.7. The van der Waals surface area contributed by atoms with E-state index in [1.807, 2.05) is 84.9 Å². The summed E-state index contributed by atoms with van der Waals surface area (Å²) in [5.41, 5.74) is 32.2. The van der Waals surface area contributed by atoms with E-state index in [0.29, 0.717) is 32.2 Å². The number of rotatable bonds is 21. The van der Waals surface area contributed by atoms with Crippen molar-refractivity contribution in [2.24, 2.45) is 39.6 Å². The van der Waals surface area contributed by atoms with Crippen LogP contribution in [0.15, 0.2) is 89.9 Å². The van der Waals surface area contributed by atoms with Crippen molar-refractivity contribution in [1.29, 1.82) is 0 Å². The van der Waals surface area contributed by atoms with Gasteiger partial charge in [0.15, 0.2) is 11.7 Å². The zero-order chi connectivity index (χ0) is 35.6. The lowest BCUT2D eigenvalue weighted by Gasteiger charge is -2.24. The SMILES string of the molecule is NCCCC[C@H](NC(=O)[C@@H](CC(=O)[C@@H](CCCN=C(N)N)NC(=O)[C@@H](N)Cc1ccccc1)Cc1ccc(-c2ccccc2)cc1)C(N)=O. The lowest BCUT2D eigenvalue weighted by Crippen LogP contribution is -2.51. The van der Waals surface area contributed by atoms with E-state index in [9.17, 15) is 19.2 Å². The lowest BCUT2D eigenvalue weighted by atomic mass is 9.89. The predicted octanol–water partition coefficient (Wildman–Crippen LogP) is 1.68. The van der Waals surface area contributed by atoms with Crippen LogP contribution in [-0.4, -0.2) is 60.7 Å². The Morgan fingerprint density at radius 3 is 1.84 bits per heavy atom. The number of nitrogens with zero attached hydrogens (tertiary/aromatic N) is 1. The number of amides is 3. The fourth-order valence-corrected chi connectivity index (χ4v) is 5.52. The number of unbranched alkanes of at least 4 members (excludes halogenated alkanes) is 1. The fourth-order valence-electron chi connectivity index (χ4n) is 5.52. The summed E-state index contributed by atoms with van der Waals surface area (Å²) >= 11 is 0. The number of aliphatic imine (C=N–C) groups is 1. The zero-order valence-electron chi connectivity index (χ0n) is 27.9. The summed E-state index contributed by atoms with van der Waals surface area (Å²) in [7, 11) is 0. The maximum absolute atomic E-state index is 13.9. The minimum atomic E-state index is -0.948. The monoisotopic (exact) mass is 670 g/mol. The summed E-state index contributed by atoms with van der Waals surface area (Å²) in [4.78, 5) is 57.1. The Hall–Kier alpha value is -5.07. The first-order chi connectivity index (χ1) is 23.6. The van der Waals surface area contributed by atoms with Crippen LogP contribution in [0.2, 0.25) is 0 Å². The number of carbonyl (C=O) groups is 4. The highest BCUT2D eigenvalue weighted by molar-refractivity contribution is 5.94. The number of guanidine groups is 1. The zero-order valence-corrected chi connectivity index (χ0v) is 27.9. The molecule has 3 aromatic carbocycles. The number of Topliss-reactive ketones (excluding diaryl/α,β-unsaturated/α-hetero) is 1. The van der Waals surface area contributed by atoms with E-state index in [-0.39, 0.29) is 44.0 Å². The topological polar surface area (TPSA) is 235 Å². The third-order valence-electron chi connectivity index (χ3n) is 8.25. The Balaban J connectivity index is 1.83. The number of benzene rings is 3. The molecule has 4 atom stereocenters. The first kappa shape index (κ1) is 38.4. The number of nitrogens with one attached hydrogen (secondary N) is 2. The molecule has 0 bridgehead atoms. The molecular weight excluding hydrogens is 620 g/mol. The number of carbonyl (C=O) groups excluding carboxylic acids is 4. The van der Waals surface area contributed by atoms with E-state index in [4.69, 9.17) is 28.7 Å². The lowest BCUT2D eigenvalue weighted by molar-refractivity contribution is -0.133. The normalized spacial score (nSPS) is 13.3. The van der Waals surface area contributed by atoms with Crippen LogP contribution >= 0.6 is 0 Å². The number of ketones is 1. The van der Waals surface area contributed by atoms with E-state index in [0.717, 1.165) is 22.3 Å². The molecule has 3 amide bonds. The summed E-state index contributed by atoms with van der Waals surface area (Å²) in [5.74, 6) is -2.94. The molecule has 12 nitrogen and oxygen atoms in total. The van der Waals surface area contributed by atoms with Gasteiger partial charge in [0.1, 0.15) is 6.04 Å². The maximum atomic E-state index is 13.9. The molecule has 0 heterocycles. The summed E-state index contributed by atoms with van der Waals surface area (Å²) in [6.07, 6.45) is 2.50. The molecule has 0 aromatic heterocycles. The van der Waals surface area contributed by atoms with Gasteiger partial charge in [-0.05, 0) is 73.7 Å². The van der Waals surface area contributed by atoms with Crippen LogP contribution in [-0.2, 0) is 32.0 Å². The van der Waals surface area contributed by atoms with Crippen LogP contribution in [0.25, 0.3) is 11.1 Å². The molecule has 0 spiro atoms. The average molecular weight is 671 g/mol. The second-order valence-electron chi connectivity index (χ2n) is 12.2. The summed E-state index contributed by atoms with van der Waals surface area (Å²) in [6, 6.07) is 24.2. The molecule has 262 valence electrons. The van der Waals surface area contributed by atoms with Gasteiger partial charge in [-0.25, -0.2) is 0 Å². The second kappa shape index (κ2) is 20.3. The summed E-state index contributed by atoms with van der Waals surface area (Å²) < 4.78 is 0. The molecule has 0 radical (unpaired) electrons. The minimum absolute atomic E-state index is 0.0812. The third-order valence-corrected chi connectivity index (χ3v) is 8.25. The fraction of sp³-hybridized carbons (Fsp3) is 0.378. The minimum Gasteiger partial charge on any atom is -0.370 e. The van der Waals surface area contributed by atoms with Crippen molar-refractivity contribution in [3.63, 3.8) is 0 Å². The Morgan fingerprint density at radius 2 is 1.22 bits per heavy atom.